The van der Waals surface area contributed by atoms with Crippen LogP contribution in [0.2, 0.25) is 0 Å². The number of aromatic hydroxyl groups is 1. The van der Waals surface area contributed by atoms with Crippen molar-refractivity contribution in [3.8, 4) is 5.75 Å². The number of anilines is 1. The summed E-state index contributed by atoms with van der Waals surface area (Å²) in [5.74, 6) is 0.449. The lowest BCUT2D eigenvalue weighted by molar-refractivity contribution is -0.120. The van der Waals surface area contributed by atoms with Crippen molar-refractivity contribution >= 4 is 11.6 Å². The Kier molecular flexibility index (Phi) is 2.31. The van der Waals surface area contributed by atoms with Gasteiger partial charge in [0.2, 0.25) is 5.91 Å². The molecule has 4 heteroatoms. The lowest BCUT2D eigenvalue weighted by atomic mass is 10.0. The molecule has 2 aliphatic carbocycles. The van der Waals surface area contributed by atoms with Crippen LogP contribution < -0.4 is 5.32 Å². The number of benzene rings is 1. The van der Waals surface area contributed by atoms with Crippen molar-refractivity contribution in [2.45, 2.75) is 19.3 Å². The van der Waals surface area contributed by atoms with E-state index in [2.05, 4.69) is 5.32 Å². The number of hydrogen-bond donors (Lipinski definition) is 2. The van der Waals surface area contributed by atoms with Gasteiger partial charge in [-0.3, -0.25) is 4.79 Å². The van der Waals surface area contributed by atoms with Gasteiger partial charge in [0, 0.05) is 17.7 Å². The van der Waals surface area contributed by atoms with E-state index in [0.29, 0.717) is 5.69 Å². The Labute approximate surface area is 98.6 Å². The number of phenols is 1. The van der Waals surface area contributed by atoms with Gasteiger partial charge in [-0.25, -0.2) is 4.39 Å². The molecule has 0 radical (unpaired) electrons. The number of hydrogen-bond acceptors (Lipinski definition) is 2. The summed E-state index contributed by atoms with van der Waals surface area (Å²) in [5, 5.41) is 11.7. The van der Waals surface area contributed by atoms with Gasteiger partial charge in [0.1, 0.15) is 0 Å². The van der Waals surface area contributed by atoms with Crippen LogP contribution in [0.1, 0.15) is 19.3 Å². The van der Waals surface area contributed by atoms with Crippen molar-refractivity contribution in [2.75, 3.05) is 5.32 Å². The van der Waals surface area contributed by atoms with Crippen molar-refractivity contribution in [3.05, 3.63) is 24.0 Å². The van der Waals surface area contributed by atoms with Crippen LogP contribution in [0.25, 0.3) is 0 Å². The number of phenolic OH excluding ortho intramolecular Hbond substituents is 1. The second-order valence-electron chi connectivity index (χ2n) is 5.08. The van der Waals surface area contributed by atoms with Crippen LogP contribution in [-0.4, -0.2) is 11.0 Å². The van der Waals surface area contributed by atoms with E-state index in [4.69, 9.17) is 5.11 Å². The fourth-order valence-electron chi connectivity index (χ4n) is 2.76. The fourth-order valence-corrected chi connectivity index (χ4v) is 2.76. The molecule has 0 aliphatic heterocycles. The molecule has 2 N–H and O–H groups in total. The molecule has 2 atom stereocenters. The SMILES string of the molecule is O=C(Nc1ccc(O)c(F)c1)C1CC2CC2C1. The van der Waals surface area contributed by atoms with Crippen molar-refractivity contribution in [2.24, 2.45) is 17.8 Å². The van der Waals surface area contributed by atoms with Gasteiger partial charge in [-0.2, -0.15) is 0 Å². The standard InChI is InChI=1S/C13H14FNO2/c14-11-6-10(1-2-12(11)16)15-13(17)9-4-7-3-8(7)5-9/h1-2,6-9,16H,3-5H2,(H,15,17). The average molecular weight is 235 g/mol. The molecule has 0 heterocycles. The molecule has 0 spiro atoms. The summed E-state index contributed by atoms with van der Waals surface area (Å²) in [6, 6.07) is 3.89. The highest BCUT2D eigenvalue weighted by atomic mass is 19.1. The Morgan fingerprint density at radius 1 is 1.29 bits per heavy atom. The molecular weight excluding hydrogens is 221 g/mol. The van der Waals surface area contributed by atoms with E-state index in [-0.39, 0.29) is 11.8 Å². The second-order valence-corrected chi connectivity index (χ2v) is 5.08. The molecule has 0 bridgehead atoms. The first-order chi connectivity index (χ1) is 8.13. The number of carbonyl (C=O) groups is 1. The minimum absolute atomic E-state index is 0.0257. The van der Waals surface area contributed by atoms with E-state index in [1.807, 2.05) is 0 Å². The molecule has 3 rings (SSSR count). The lowest BCUT2D eigenvalue weighted by Crippen LogP contribution is -2.21. The molecule has 90 valence electrons. The molecule has 2 aliphatic rings. The summed E-state index contributed by atoms with van der Waals surface area (Å²) in [6.07, 6.45) is 3.21. The predicted octanol–water partition coefficient (Wildman–Crippen LogP) is 2.52. The van der Waals surface area contributed by atoms with Gasteiger partial charge in [0.25, 0.3) is 0 Å². The monoisotopic (exact) mass is 235 g/mol. The van der Waals surface area contributed by atoms with Gasteiger partial charge in [-0.1, -0.05) is 0 Å². The van der Waals surface area contributed by atoms with Crippen LogP contribution in [0.15, 0.2) is 18.2 Å². The summed E-state index contributed by atoms with van der Waals surface area (Å²) < 4.78 is 13.1. The number of amides is 1. The average Bonchev–Trinajstić information content (AvgIpc) is 2.91. The zero-order chi connectivity index (χ0) is 12.0. The van der Waals surface area contributed by atoms with Crippen LogP contribution in [0.5, 0.6) is 5.75 Å². The largest absolute Gasteiger partial charge is 0.505 e. The maximum atomic E-state index is 13.1. The Balaban J connectivity index is 1.65. The van der Waals surface area contributed by atoms with Crippen LogP contribution in [0.4, 0.5) is 10.1 Å². The van der Waals surface area contributed by atoms with Gasteiger partial charge in [0.05, 0.1) is 0 Å². The van der Waals surface area contributed by atoms with Gasteiger partial charge in [0.15, 0.2) is 11.6 Å². The van der Waals surface area contributed by atoms with E-state index >= 15 is 0 Å². The zero-order valence-corrected chi connectivity index (χ0v) is 9.32. The Hall–Kier alpha value is -1.58. The highest BCUT2D eigenvalue weighted by molar-refractivity contribution is 5.92. The first-order valence-corrected chi connectivity index (χ1v) is 5.93. The number of carbonyl (C=O) groups excluding carboxylic acids is 1. The first-order valence-electron chi connectivity index (χ1n) is 5.93. The Morgan fingerprint density at radius 3 is 2.65 bits per heavy atom. The summed E-state index contributed by atoms with van der Waals surface area (Å²) in [5.41, 5.74) is 0.408. The number of nitrogens with one attached hydrogen (secondary N) is 1. The number of fused-ring (bicyclic) bond motifs is 1. The fraction of sp³-hybridized carbons (Fsp3) is 0.462. The summed E-state index contributed by atoms with van der Waals surface area (Å²) >= 11 is 0. The molecular formula is C13H14FNO2. The molecule has 0 saturated heterocycles. The van der Waals surface area contributed by atoms with E-state index in [9.17, 15) is 9.18 Å². The van der Waals surface area contributed by atoms with Crippen LogP contribution in [-0.2, 0) is 4.79 Å². The maximum absolute atomic E-state index is 13.1. The van der Waals surface area contributed by atoms with Crippen molar-refractivity contribution in [1.82, 2.24) is 0 Å². The molecule has 2 unspecified atom stereocenters. The maximum Gasteiger partial charge on any atom is 0.227 e. The molecule has 0 aromatic heterocycles. The van der Waals surface area contributed by atoms with Gasteiger partial charge in [-0.05, 0) is 43.2 Å². The van der Waals surface area contributed by atoms with Gasteiger partial charge < -0.3 is 10.4 Å². The lowest BCUT2D eigenvalue weighted by Gasteiger charge is -2.12. The molecule has 1 amide bonds. The topological polar surface area (TPSA) is 49.3 Å². The third kappa shape index (κ3) is 1.99. The van der Waals surface area contributed by atoms with Crippen LogP contribution >= 0.6 is 0 Å². The van der Waals surface area contributed by atoms with Crippen LogP contribution in [0.3, 0.4) is 0 Å². The second kappa shape index (κ2) is 3.72. The molecule has 1 aromatic rings. The Bertz CT molecular complexity index is 464. The summed E-state index contributed by atoms with van der Waals surface area (Å²) in [4.78, 5) is 11.9. The van der Waals surface area contributed by atoms with Crippen molar-refractivity contribution < 1.29 is 14.3 Å². The molecule has 3 nitrogen and oxygen atoms in total. The van der Waals surface area contributed by atoms with E-state index < -0.39 is 11.6 Å². The minimum Gasteiger partial charge on any atom is -0.505 e. The third-order valence-corrected chi connectivity index (χ3v) is 3.83. The third-order valence-electron chi connectivity index (χ3n) is 3.83. The summed E-state index contributed by atoms with van der Waals surface area (Å²) in [6.45, 7) is 0. The normalized spacial score (nSPS) is 29.8. The molecule has 2 saturated carbocycles. The van der Waals surface area contributed by atoms with E-state index in [1.54, 1.807) is 0 Å². The predicted molar refractivity (Wildman–Crippen MR) is 61.0 cm³/mol. The summed E-state index contributed by atoms with van der Waals surface area (Å²) in [7, 11) is 0. The van der Waals surface area contributed by atoms with Crippen molar-refractivity contribution in [1.29, 1.82) is 0 Å². The smallest absolute Gasteiger partial charge is 0.227 e. The number of halogens is 1. The molecule has 1 aromatic carbocycles. The van der Waals surface area contributed by atoms with Gasteiger partial charge in [-0.15, -0.1) is 0 Å². The Morgan fingerprint density at radius 2 is 2.00 bits per heavy atom. The number of rotatable bonds is 2. The minimum atomic E-state index is -0.711. The quantitative estimate of drug-likeness (QED) is 0.774. The highest BCUT2D eigenvalue weighted by Crippen LogP contribution is 2.54. The first kappa shape index (κ1) is 10.6. The highest BCUT2D eigenvalue weighted by Gasteiger charge is 2.47. The molecule has 2 fully saturated rings. The van der Waals surface area contributed by atoms with E-state index in [1.165, 1.54) is 18.6 Å². The molecule has 17 heavy (non-hydrogen) atoms. The van der Waals surface area contributed by atoms with Crippen molar-refractivity contribution in [3.63, 3.8) is 0 Å². The van der Waals surface area contributed by atoms with Crippen LogP contribution in [0, 0.1) is 23.6 Å². The van der Waals surface area contributed by atoms with Gasteiger partial charge >= 0.3 is 0 Å². The zero-order valence-electron chi connectivity index (χ0n) is 9.32. The van der Waals surface area contributed by atoms with E-state index in [0.717, 1.165) is 30.7 Å².